The smallest absolute Gasteiger partial charge is 0.339 e. The van der Waals surface area contributed by atoms with Gasteiger partial charge < -0.3 is 14.0 Å². The lowest BCUT2D eigenvalue weighted by Gasteiger charge is -2.24. The van der Waals surface area contributed by atoms with Crippen molar-refractivity contribution in [2.75, 3.05) is 20.8 Å². The van der Waals surface area contributed by atoms with E-state index in [1.165, 1.54) is 0 Å². The number of aliphatic hydroxyl groups is 1. The lowest BCUT2D eigenvalue weighted by Crippen LogP contribution is -2.39. The standard InChI is InChI=1S/C6H16O3Si/c1-4-10(8-2,9-3)6-5-7/h7H,4-6H2,1-3H3. The molecule has 0 aromatic carbocycles. The highest BCUT2D eigenvalue weighted by Gasteiger charge is 2.31. The molecule has 0 saturated carbocycles. The highest BCUT2D eigenvalue weighted by Crippen LogP contribution is 2.15. The zero-order valence-electron chi connectivity index (χ0n) is 6.89. The minimum atomic E-state index is -1.97. The van der Waals surface area contributed by atoms with Crippen LogP contribution in [0.2, 0.25) is 12.1 Å². The molecule has 4 heteroatoms. The Morgan fingerprint density at radius 1 is 1.30 bits per heavy atom. The van der Waals surface area contributed by atoms with Gasteiger partial charge in [-0.25, -0.2) is 0 Å². The summed E-state index contributed by atoms with van der Waals surface area (Å²) in [7, 11) is 1.33. The predicted octanol–water partition coefficient (Wildman–Crippen LogP) is 0.734. The fourth-order valence-corrected chi connectivity index (χ4v) is 2.77. The molecule has 10 heavy (non-hydrogen) atoms. The molecular weight excluding hydrogens is 148 g/mol. The maximum absolute atomic E-state index is 8.67. The summed E-state index contributed by atoms with van der Waals surface area (Å²) in [5.74, 6) is 0. The monoisotopic (exact) mass is 164 g/mol. The highest BCUT2D eigenvalue weighted by atomic mass is 28.4. The van der Waals surface area contributed by atoms with Crippen molar-refractivity contribution in [3.05, 3.63) is 0 Å². The second kappa shape index (κ2) is 4.84. The van der Waals surface area contributed by atoms with Crippen LogP contribution in [-0.2, 0) is 8.85 Å². The summed E-state index contributed by atoms with van der Waals surface area (Å²) >= 11 is 0. The molecule has 62 valence electrons. The van der Waals surface area contributed by atoms with Crippen molar-refractivity contribution < 1.29 is 14.0 Å². The van der Waals surface area contributed by atoms with E-state index in [9.17, 15) is 0 Å². The van der Waals surface area contributed by atoms with Crippen molar-refractivity contribution >= 4 is 8.56 Å². The quantitative estimate of drug-likeness (QED) is 0.609. The first-order chi connectivity index (χ1) is 4.74. The third-order valence-electron chi connectivity index (χ3n) is 1.78. The molecule has 0 atom stereocenters. The minimum Gasteiger partial charge on any atom is -0.398 e. The maximum atomic E-state index is 8.67. The summed E-state index contributed by atoms with van der Waals surface area (Å²) in [6, 6.07) is 1.55. The number of aliphatic hydroxyl groups excluding tert-OH is 1. The summed E-state index contributed by atoms with van der Waals surface area (Å²) in [4.78, 5) is 0. The van der Waals surface area contributed by atoms with Crippen LogP contribution < -0.4 is 0 Å². The molecule has 0 amide bonds. The molecule has 0 unspecified atom stereocenters. The Morgan fingerprint density at radius 3 is 1.90 bits per heavy atom. The van der Waals surface area contributed by atoms with Gasteiger partial charge in [0.2, 0.25) is 0 Å². The van der Waals surface area contributed by atoms with Crippen LogP contribution in [0.15, 0.2) is 0 Å². The molecule has 0 aliphatic rings. The van der Waals surface area contributed by atoms with Crippen molar-refractivity contribution in [2.24, 2.45) is 0 Å². The molecule has 0 aromatic rings. The summed E-state index contributed by atoms with van der Waals surface area (Å²) in [6.45, 7) is 2.18. The zero-order chi connectivity index (χ0) is 8.04. The van der Waals surface area contributed by atoms with Crippen LogP contribution >= 0.6 is 0 Å². The van der Waals surface area contributed by atoms with Crippen LogP contribution in [0.3, 0.4) is 0 Å². The lowest BCUT2D eigenvalue weighted by molar-refractivity contribution is 0.224. The third-order valence-corrected chi connectivity index (χ3v) is 5.33. The first-order valence-electron chi connectivity index (χ1n) is 3.46. The number of rotatable bonds is 5. The average Bonchev–Trinajstić information content (AvgIpc) is 2.01. The van der Waals surface area contributed by atoms with Gasteiger partial charge in [-0.15, -0.1) is 0 Å². The van der Waals surface area contributed by atoms with Crippen molar-refractivity contribution in [1.29, 1.82) is 0 Å². The van der Waals surface area contributed by atoms with E-state index in [1.807, 2.05) is 6.92 Å². The Morgan fingerprint density at radius 2 is 1.80 bits per heavy atom. The van der Waals surface area contributed by atoms with Crippen LogP contribution in [0, 0.1) is 0 Å². The van der Waals surface area contributed by atoms with Crippen LogP contribution in [0.5, 0.6) is 0 Å². The molecule has 0 heterocycles. The summed E-state index contributed by atoms with van der Waals surface area (Å²) < 4.78 is 10.5. The first-order valence-corrected chi connectivity index (χ1v) is 5.69. The van der Waals surface area contributed by atoms with E-state index in [2.05, 4.69) is 0 Å². The fourth-order valence-electron chi connectivity index (χ4n) is 0.923. The minimum absolute atomic E-state index is 0.155. The van der Waals surface area contributed by atoms with Gasteiger partial charge in [-0.1, -0.05) is 6.92 Å². The predicted molar refractivity (Wildman–Crippen MR) is 42.1 cm³/mol. The van der Waals surface area contributed by atoms with E-state index in [-0.39, 0.29) is 6.61 Å². The van der Waals surface area contributed by atoms with Crippen LogP contribution in [0.4, 0.5) is 0 Å². The van der Waals surface area contributed by atoms with Crippen molar-refractivity contribution in [3.63, 3.8) is 0 Å². The largest absolute Gasteiger partial charge is 0.398 e. The van der Waals surface area contributed by atoms with Gasteiger partial charge in [0.15, 0.2) is 0 Å². The highest BCUT2D eigenvalue weighted by molar-refractivity contribution is 6.67. The normalized spacial score (nSPS) is 12.0. The average molecular weight is 164 g/mol. The molecule has 3 nitrogen and oxygen atoms in total. The van der Waals surface area contributed by atoms with Gasteiger partial charge >= 0.3 is 8.56 Å². The summed E-state index contributed by atoms with van der Waals surface area (Å²) in [5.41, 5.74) is 0. The van der Waals surface area contributed by atoms with Gasteiger partial charge in [-0.2, -0.15) is 0 Å². The second-order valence-corrected chi connectivity index (χ2v) is 5.99. The molecule has 0 radical (unpaired) electrons. The number of hydrogen-bond acceptors (Lipinski definition) is 3. The Balaban J connectivity index is 3.87. The van der Waals surface area contributed by atoms with E-state index in [0.717, 1.165) is 6.04 Å². The molecule has 0 fully saturated rings. The summed E-state index contributed by atoms with van der Waals surface area (Å²) in [6.07, 6.45) is 0. The van der Waals surface area contributed by atoms with E-state index in [0.29, 0.717) is 6.04 Å². The van der Waals surface area contributed by atoms with Gasteiger partial charge in [0.1, 0.15) is 0 Å². The van der Waals surface area contributed by atoms with Crippen LogP contribution in [0.25, 0.3) is 0 Å². The van der Waals surface area contributed by atoms with Crippen molar-refractivity contribution in [2.45, 2.75) is 19.0 Å². The van der Waals surface area contributed by atoms with Crippen LogP contribution in [0.1, 0.15) is 6.92 Å². The Labute approximate surface area is 63.2 Å². The van der Waals surface area contributed by atoms with Gasteiger partial charge in [0, 0.05) is 26.9 Å². The topological polar surface area (TPSA) is 38.7 Å². The van der Waals surface area contributed by atoms with E-state index < -0.39 is 8.56 Å². The summed E-state index contributed by atoms with van der Waals surface area (Å²) in [5, 5.41) is 8.67. The Bertz CT molecular complexity index is 74.8. The van der Waals surface area contributed by atoms with Gasteiger partial charge in [-0.3, -0.25) is 0 Å². The van der Waals surface area contributed by atoms with Crippen molar-refractivity contribution in [3.8, 4) is 0 Å². The molecular formula is C6H16O3Si. The molecule has 1 N–H and O–H groups in total. The Kier molecular flexibility index (Phi) is 4.89. The van der Waals surface area contributed by atoms with Gasteiger partial charge in [0.05, 0.1) is 0 Å². The molecule has 0 aliphatic carbocycles. The molecule has 0 spiro atoms. The van der Waals surface area contributed by atoms with E-state index in [4.69, 9.17) is 14.0 Å². The van der Waals surface area contributed by atoms with Crippen LogP contribution in [-0.4, -0.2) is 34.5 Å². The molecule has 0 aromatic heterocycles. The van der Waals surface area contributed by atoms with Gasteiger partial charge in [0.25, 0.3) is 0 Å². The Hall–Kier alpha value is 0.0969. The van der Waals surface area contributed by atoms with Gasteiger partial charge in [-0.05, 0) is 6.04 Å². The third kappa shape index (κ3) is 2.38. The maximum Gasteiger partial charge on any atom is 0.339 e. The zero-order valence-corrected chi connectivity index (χ0v) is 7.89. The van der Waals surface area contributed by atoms with E-state index in [1.54, 1.807) is 14.2 Å². The SMILES string of the molecule is CC[Si](CCO)(OC)OC. The molecule has 0 rings (SSSR count). The van der Waals surface area contributed by atoms with Crippen molar-refractivity contribution in [1.82, 2.24) is 0 Å². The molecule has 0 saturated heterocycles. The molecule has 0 bridgehead atoms. The first kappa shape index (κ1) is 10.1. The van der Waals surface area contributed by atoms with E-state index >= 15 is 0 Å². The number of hydrogen-bond donors (Lipinski definition) is 1. The molecule has 0 aliphatic heterocycles. The second-order valence-electron chi connectivity index (χ2n) is 2.15. The lowest BCUT2D eigenvalue weighted by atomic mass is 10.9. The fraction of sp³-hybridized carbons (Fsp3) is 1.00.